The van der Waals surface area contributed by atoms with Gasteiger partial charge in [-0.3, -0.25) is 0 Å². The van der Waals surface area contributed by atoms with Crippen LogP contribution in [0.25, 0.3) is 0 Å². The van der Waals surface area contributed by atoms with Crippen molar-refractivity contribution in [2.75, 3.05) is 19.6 Å². The van der Waals surface area contributed by atoms with Gasteiger partial charge in [-0.1, -0.05) is 0 Å². The van der Waals surface area contributed by atoms with Crippen molar-refractivity contribution in [3.05, 3.63) is 18.2 Å². The van der Waals surface area contributed by atoms with Crippen LogP contribution in [0, 0.1) is 5.92 Å². The minimum Gasteiger partial charge on any atom is -0.337 e. The first-order valence-corrected chi connectivity index (χ1v) is 8.38. The Labute approximate surface area is 127 Å². The third kappa shape index (κ3) is 3.79. The Balaban J connectivity index is 1.77. The number of piperidine rings is 1. The zero-order valence-corrected chi connectivity index (χ0v) is 13.0. The highest BCUT2D eigenvalue weighted by Crippen LogP contribution is 2.30. The summed E-state index contributed by atoms with van der Waals surface area (Å²) in [6.07, 6.45) is 4.28. The number of nitrogens with zero attached hydrogens (tertiary/aromatic N) is 3. The molecule has 0 aromatic carbocycles. The Morgan fingerprint density at radius 3 is 2.50 bits per heavy atom. The van der Waals surface area contributed by atoms with Gasteiger partial charge >= 0.3 is 15.5 Å². The highest BCUT2D eigenvalue weighted by atomic mass is 32.2. The van der Waals surface area contributed by atoms with Gasteiger partial charge in [0, 0.05) is 32.9 Å². The number of aromatic nitrogens is 2. The van der Waals surface area contributed by atoms with Crippen LogP contribution in [0.1, 0.15) is 18.5 Å². The maximum atomic E-state index is 12.5. The zero-order valence-electron chi connectivity index (χ0n) is 12.2. The summed E-state index contributed by atoms with van der Waals surface area (Å²) in [5.41, 5.74) is -4.20. The van der Waals surface area contributed by atoms with E-state index in [1.54, 1.807) is 12.5 Å². The minimum atomic E-state index is -5.21. The molecule has 0 radical (unpaired) electrons. The van der Waals surface area contributed by atoms with E-state index in [0.29, 0.717) is 30.2 Å². The fourth-order valence-electron chi connectivity index (χ4n) is 2.46. The SMILES string of the molecule is Cn1cncc1CNCC1CCN(S(=O)(=O)C(F)(F)F)CC1. The molecule has 1 saturated heterocycles. The van der Waals surface area contributed by atoms with Gasteiger partial charge < -0.3 is 9.88 Å². The molecule has 0 saturated carbocycles. The second kappa shape index (κ2) is 6.55. The highest BCUT2D eigenvalue weighted by molar-refractivity contribution is 7.90. The van der Waals surface area contributed by atoms with Gasteiger partial charge in [-0.2, -0.15) is 17.5 Å². The molecule has 6 nitrogen and oxygen atoms in total. The van der Waals surface area contributed by atoms with Crippen molar-refractivity contribution < 1.29 is 21.6 Å². The van der Waals surface area contributed by atoms with Crippen LogP contribution in [-0.4, -0.2) is 47.4 Å². The Kier molecular flexibility index (Phi) is 5.13. The quantitative estimate of drug-likeness (QED) is 0.871. The molecular weight excluding hydrogens is 321 g/mol. The maximum absolute atomic E-state index is 12.5. The third-order valence-electron chi connectivity index (χ3n) is 3.86. The Hall–Kier alpha value is -1.13. The summed E-state index contributed by atoms with van der Waals surface area (Å²) < 4.78 is 62.4. The summed E-state index contributed by atoms with van der Waals surface area (Å²) in [4.78, 5) is 3.99. The third-order valence-corrected chi connectivity index (χ3v) is 5.49. The molecule has 0 amide bonds. The second-order valence-electron chi connectivity index (χ2n) is 5.42. The van der Waals surface area contributed by atoms with Gasteiger partial charge in [-0.05, 0) is 25.3 Å². The average Bonchev–Trinajstić information content (AvgIpc) is 2.84. The summed E-state index contributed by atoms with van der Waals surface area (Å²) in [7, 11) is -3.30. The summed E-state index contributed by atoms with van der Waals surface area (Å²) in [5.74, 6) is 0.174. The molecule has 1 aliphatic rings. The number of rotatable bonds is 5. The number of hydrogen-bond acceptors (Lipinski definition) is 4. The standard InChI is InChI=1S/C12H19F3N4O2S/c1-18-9-17-8-11(18)7-16-6-10-2-4-19(5-3-10)22(20,21)12(13,14)15/h8-10,16H,2-7H2,1H3. The molecule has 10 heteroatoms. The van der Waals surface area contributed by atoms with Gasteiger partial charge in [-0.15, -0.1) is 0 Å². The lowest BCUT2D eigenvalue weighted by molar-refractivity contribution is -0.0496. The van der Waals surface area contributed by atoms with Gasteiger partial charge in [0.1, 0.15) is 0 Å². The van der Waals surface area contributed by atoms with Crippen LogP contribution >= 0.6 is 0 Å². The van der Waals surface area contributed by atoms with Crippen molar-refractivity contribution in [3.8, 4) is 0 Å². The van der Waals surface area contributed by atoms with Crippen LogP contribution in [0.4, 0.5) is 13.2 Å². The van der Waals surface area contributed by atoms with Crippen LogP contribution in [0.15, 0.2) is 12.5 Å². The first-order chi connectivity index (χ1) is 10.2. The van der Waals surface area contributed by atoms with Gasteiger partial charge in [0.25, 0.3) is 0 Å². The number of nitrogens with one attached hydrogen (secondary N) is 1. The maximum Gasteiger partial charge on any atom is 0.511 e. The van der Waals surface area contributed by atoms with E-state index in [1.165, 1.54) is 0 Å². The molecule has 1 aliphatic heterocycles. The lowest BCUT2D eigenvalue weighted by Gasteiger charge is -2.31. The van der Waals surface area contributed by atoms with Crippen molar-refractivity contribution in [1.82, 2.24) is 19.2 Å². The van der Waals surface area contributed by atoms with Crippen molar-refractivity contribution in [2.24, 2.45) is 13.0 Å². The average molecular weight is 340 g/mol. The largest absolute Gasteiger partial charge is 0.511 e. The normalized spacial score (nSPS) is 18.7. The van der Waals surface area contributed by atoms with Crippen molar-refractivity contribution in [2.45, 2.75) is 24.9 Å². The van der Waals surface area contributed by atoms with E-state index >= 15 is 0 Å². The van der Waals surface area contributed by atoms with E-state index in [-0.39, 0.29) is 19.0 Å². The van der Waals surface area contributed by atoms with E-state index in [9.17, 15) is 21.6 Å². The molecule has 0 atom stereocenters. The van der Waals surface area contributed by atoms with E-state index in [2.05, 4.69) is 10.3 Å². The van der Waals surface area contributed by atoms with Gasteiger partial charge in [0.05, 0.1) is 12.0 Å². The zero-order chi connectivity index (χ0) is 16.4. The molecule has 1 aromatic rings. The molecule has 0 bridgehead atoms. The van der Waals surface area contributed by atoms with Gasteiger partial charge in [0.2, 0.25) is 0 Å². The Morgan fingerprint density at radius 2 is 2.00 bits per heavy atom. The summed E-state index contributed by atoms with van der Waals surface area (Å²) in [5, 5.41) is 3.23. The molecule has 2 rings (SSSR count). The molecule has 126 valence electrons. The predicted molar refractivity (Wildman–Crippen MR) is 74.2 cm³/mol. The number of alkyl halides is 3. The summed E-state index contributed by atoms with van der Waals surface area (Å²) >= 11 is 0. The van der Waals surface area contributed by atoms with Crippen LogP contribution in [-0.2, 0) is 23.6 Å². The van der Waals surface area contributed by atoms with E-state index in [1.807, 2.05) is 11.6 Å². The first kappa shape index (κ1) is 17.2. The Morgan fingerprint density at radius 1 is 1.36 bits per heavy atom. The van der Waals surface area contributed by atoms with Crippen molar-refractivity contribution >= 4 is 10.0 Å². The van der Waals surface area contributed by atoms with Crippen LogP contribution < -0.4 is 5.32 Å². The number of imidazole rings is 1. The van der Waals surface area contributed by atoms with Crippen molar-refractivity contribution in [3.63, 3.8) is 0 Å². The first-order valence-electron chi connectivity index (χ1n) is 6.94. The fraction of sp³-hybridized carbons (Fsp3) is 0.750. The number of sulfonamides is 1. The molecule has 0 spiro atoms. The monoisotopic (exact) mass is 340 g/mol. The molecule has 1 N–H and O–H groups in total. The minimum absolute atomic E-state index is 0.0834. The molecule has 1 aromatic heterocycles. The molecule has 1 fully saturated rings. The molecule has 0 aliphatic carbocycles. The Bertz CT molecular complexity index is 592. The summed E-state index contributed by atoms with van der Waals surface area (Å²) in [6, 6.07) is 0. The van der Waals surface area contributed by atoms with Crippen LogP contribution in [0.2, 0.25) is 0 Å². The second-order valence-corrected chi connectivity index (χ2v) is 7.35. The number of hydrogen-bond donors (Lipinski definition) is 1. The number of halogens is 3. The van der Waals surface area contributed by atoms with Crippen LogP contribution in [0.3, 0.4) is 0 Å². The van der Waals surface area contributed by atoms with E-state index < -0.39 is 15.5 Å². The lowest BCUT2D eigenvalue weighted by atomic mass is 9.98. The smallest absolute Gasteiger partial charge is 0.337 e. The fourth-order valence-corrected chi connectivity index (χ4v) is 3.44. The molecular formula is C12H19F3N4O2S. The lowest BCUT2D eigenvalue weighted by Crippen LogP contribution is -2.46. The van der Waals surface area contributed by atoms with Crippen LogP contribution in [0.5, 0.6) is 0 Å². The number of aryl methyl sites for hydroxylation is 1. The van der Waals surface area contributed by atoms with E-state index in [0.717, 1.165) is 5.69 Å². The van der Waals surface area contributed by atoms with E-state index in [4.69, 9.17) is 0 Å². The molecule has 22 heavy (non-hydrogen) atoms. The topological polar surface area (TPSA) is 67.2 Å². The molecule has 0 unspecified atom stereocenters. The van der Waals surface area contributed by atoms with Crippen molar-refractivity contribution in [1.29, 1.82) is 0 Å². The highest BCUT2D eigenvalue weighted by Gasteiger charge is 2.50. The summed E-state index contributed by atoms with van der Waals surface area (Å²) in [6.45, 7) is 1.10. The molecule has 2 heterocycles. The van der Waals surface area contributed by atoms with Gasteiger partial charge in [-0.25, -0.2) is 13.4 Å². The predicted octanol–water partition coefficient (Wildman–Crippen LogP) is 1.07. The van der Waals surface area contributed by atoms with Gasteiger partial charge in [0.15, 0.2) is 0 Å².